The summed E-state index contributed by atoms with van der Waals surface area (Å²) in [4.78, 5) is 55.5. The number of ketones is 2. The number of aryl methyl sites for hydroxylation is 2. The number of nitrogens with zero attached hydrogens (tertiary/aromatic N) is 2. The molecule has 1 aromatic carbocycles. The van der Waals surface area contributed by atoms with E-state index in [4.69, 9.17) is 14.7 Å². The van der Waals surface area contributed by atoms with Crippen LogP contribution in [-0.4, -0.2) is 38.0 Å². The van der Waals surface area contributed by atoms with E-state index >= 15 is 0 Å². The largest absolute Gasteiger partial charge is 0.429 e. The zero-order valence-electron chi connectivity index (χ0n) is 30.1. The molecule has 256 valence electrons. The van der Waals surface area contributed by atoms with Crippen molar-refractivity contribution < 1.29 is 19.1 Å². The highest BCUT2D eigenvalue weighted by molar-refractivity contribution is 6.13. The van der Waals surface area contributed by atoms with Crippen molar-refractivity contribution in [1.82, 2.24) is 19.9 Å². The van der Waals surface area contributed by atoms with Gasteiger partial charge in [0.05, 0.1) is 33.8 Å². The Balaban J connectivity index is 1.70. The number of nitrogens with one attached hydrogen (secondary N) is 2. The molecule has 0 amide bonds. The van der Waals surface area contributed by atoms with Crippen LogP contribution in [0.25, 0.3) is 44.3 Å². The molecule has 50 heavy (non-hydrogen) atoms. The Morgan fingerprint density at radius 3 is 2.32 bits per heavy atom. The van der Waals surface area contributed by atoms with Crippen LogP contribution in [0.3, 0.4) is 0 Å². The van der Waals surface area contributed by atoms with Crippen LogP contribution in [0.4, 0.5) is 0 Å². The van der Waals surface area contributed by atoms with Crippen LogP contribution >= 0.6 is 0 Å². The minimum absolute atomic E-state index is 0.0551. The molecule has 1 aliphatic carbocycles. The van der Waals surface area contributed by atoms with Crippen LogP contribution in [-0.2, 0) is 16.0 Å². The monoisotopic (exact) mass is 668 g/mol. The van der Waals surface area contributed by atoms with Gasteiger partial charge in [-0.15, -0.1) is 0 Å². The first-order valence-corrected chi connectivity index (χ1v) is 17.7. The molecule has 8 bridgehead atoms. The molecule has 5 heterocycles. The standard InChI is InChI=1S/C42H44N4O4/c1-9-28-22(5)31-18-34-36(20(2)3)25(8)40(45-34)38(26-11-13-27(14-12-26)50-19-47)39-23(6)29(15-10-21(4)48)41(46-39)30-16-35(49)37-24(7)32(44-42(30)37)17-33(28)43-31/h11-14,17-20,23,29,44-45H,9-10,15-16H2,1-8H3/t23-,29-/m0/s1. The van der Waals surface area contributed by atoms with E-state index in [0.717, 1.165) is 90.2 Å². The van der Waals surface area contributed by atoms with Gasteiger partial charge in [0.1, 0.15) is 11.5 Å². The molecule has 7 rings (SSSR count). The molecule has 0 saturated carbocycles. The molecule has 2 aliphatic heterocycles. The Labute approximate surface area is 292 Å². The summed E-state index contributed by atoms with van der Waals surface area (Å²) in [6.45, 7) is 17.1. The molecule has 2 N–H and O–H groups in total. The second-order valence-electron chi connectivity index (χ2n) is 14.4. The number of H-pyrrole nitrogens is 2. The van der Waals surface area contributed by atoms with Crippen molar-refractivity contribution in [2.24, 2.45) is 0 Å². The maximum Gasteiger partial charge on any atom is 0.298 e. The normalized spacial score (nSPS) is 16.9. The molecule has 0 unspecified atom stereocenters. The molecule has 3 aliphatic rings. The minimum atomic E-state index is -0.0684. The third-order valence-corrected chi connectivity index (χ3v) is 11.0. The number of Topliss-reactive ketones (excluding diaryl/α,β-unsaturated/α-hetero) is 2. The van der Waals surface area contributed by atoms with Gasteiger partial charge in [-0.05, 0) is 104 Å². The fourth-order valence-corrected chi connectivity index (χ4v) is 8.47. The highest BCUT2D eigenvalue weighted by Crippen LogP contribution is 2.48. The van der Waals surface area contributed by atoms with Gasteiger partial charge < -0.3 is 19.5 Å². The second kappa shape index (κ2) is 12.7. The van der Waals surface area contributed by atoms with E-state index in [1.54, 1.807) is 19.1 Å². The van der Waals surface area contributed by atoms with Crippen molar-refractivity contribution in [3.63, 3.8) is 0 Å². The molecule has 8 nitrogen and oxygen atoms in total. The summed E-state index contributed by atoms with van der Waals surface area (Å²) in [5, 5.41) is 0. The number of aromatic amines is 2. The molecule has 3 aromatic heterocycles. The van der Waals surface area contributed by atoms with Gasteiger partial charge in [-0.25, -0.2) is 4.98 Å². The first kappa shape index (κ1) is 33.4. The minimum Gasteiger partial charge on any atom is -0.429 e. The lowest BCUT2D eigenvalue weighted by Gasteiger charge is -2.18. The molecule has 0 radical (unpaired) electrons. The number of carbonyl (C=O) groups excluding carboxylic acids is 3. The maximum atomic E-state index is 13.8. The summed E-state index contributed by atoms with van der Waals surface area (Å²) in [6.07, 6.45) is 2.14. The van der Waals surface area contributed by atoms with Crippen LogP contribution < -0.4 is 4.74 Å². The van der Waals surface area contributed by atoms with Gasteiger partial charge in [-0.3, -0.25) is 14.6 Å². The van der Waals surface area contributed by atoms with E-state index < -0.39 is 0 Å². The number of carbonyl (C=O) groups is 3. The number of hydrogen-bond donors (Lipinski definition) is 2. The Morgan fingerprint density at radius 1 is 0.960 bits per heavy atom. The van der Waals surface area contributed by atoms with E-state index in [1.165, 1.54) is 11.1 Å². The average molecular weight is 669 g/mol. The summed E-state index contributed by atoms with van der Waals surface area (Å²) >= 11 is 0. The van der Waals surface area contributed by atoms with E-state index in [-0.39, 0.29) is 35.7 Å². The lowest BCUT2D eigenvalue weighted by atomic mass is 9.83. The van der Waals surface area contributed by atoms with E-state index in [9.17, 15) is 14.4 Å². The number of fused-ring (bicyclic) bond motifs is 8. The Kier molecular flexibility index (Phi) is 8.45. The van der Waals surface area contributed by atoms with E-state index in [1.807, 2.05) is 19.1 Å². The Hall–Kier alpha value is -5.11. The van der Waals surface area contributed by atoms with Crippen molar-refractivity contribution in [1.29, 1.82) is 0 Å². The fraction of sp³-hybridized carbons (Fsp3) is 0.357. The number of allylic oxidation sites excluding steroid dienone is 2. The lowest BCUT2D eigenvalue weighted by Crippen LogP contribution is -2.07. The van der Waals surface area contributed by atoms with Gasteiger partial charge in [-0.2, -0.15) is 0 Å². The summed E-state index contributed by atoms with van der Waals surface area (Å²) < 4.78 is 5.16. The number of rotatable bonds is 8. The second-order valence-corrected chi connectivity index (χ2v) is 14.4. The predicted molar refractivity (Wildman–Crippen MR) is 199 cm³/mol. The number of hydrogen-bond acceptors (Lipinski definition) is 6. The van der Waals surface area contributed by atoms with Crippen LogP contribution in [0.15, 0.2) is 36.4 Å². The highest BCUT2D eigenvalue weighted by Gasteiger charge is 2.37. The third-order valence-electron chi connectivity index (χ3n) is 11.0. The van der Waals surface area contributed by atoms with Gasteiger partial charge >= 0.3 is 0 Å². The smallest absolute Gasteiger partial charge is 0.298 e. The van der Waals surface area contributed by atoms with Crippen molar-refractivity contribution in [2.75, 3.05) is 0 Å². The van der Waals surface area contributed by atoms with Gasteiger partial charge in [0.15, 0.2) is 5.78 Å². The maximum absolute atomic E-state index is 13.8. The Bertz CT molecular complexity index is 2300. The van der Waals surface area contributed by atoms with Crippen LogP contribution in [0.1, 0.15) is 134 Å². The van der Waals surface area contributed by atoms with Crippen LogP contribution in [0.5, 0.6) is 5.75 Å². The molecule has 0 fully saturated rings. The summed E-state index contributed by atoms with van der Waals surface area (Å²) in [6, 6.07) is 11.8. The Morgan fingerprint density at radius 2 is 1.66 bits per heavy atom. The van der Waals surface area contributed by atoms with E-state index in [2.05, 4.69) is 63.6 Å². The number of benzene rings is 1. The van der Waals surface area contributed by atoms with Crippen molar-refractivity contribution >= 4 is 51.3 Å². The zero-order valence-corrected chi connectivity index (χ0v) is 30.1. The van der Waals surface area contributed by atoms with Crippen molar-refractivity contribution in [3.8, 4) is 16.9 Å². The van der Waals surface area contributed by atoms with Crippen molar-refractivity contribution in [3.05, 3.63) is 87.0 Å². The summed E-state index contributed by atoms with van der Waals surface area (Å²) in [5.74, 6) is 0.757. The van der Waals surface area contributed by atoms with Crippen LogP contribution in [0, 0.1) is 13.8 Å². The van der Waals surface area contributed by atoms with Crippen molar-refractivity contribution in [2.45, 2.75) is 98.8 Å². The third kappa shape index (κ3) is 5.32. The lowest BCUT2D eigenvalue weighted by molar-refractivity contribution is -0.120. The van der Waals surface area contributed by atoms with Gasteiger partial charge in [-0.1, -0.05) is 39.8 Å². The highest BCUT2D eigenvalue weighted by atomic mass is 16.5. The molecule has 2 atom stereocenters. The fourth-order valence-electron chi connectivity index (χ4n) is 8.47. The number of aromatic nitrogens is 4. The van der Waals surface area contributed by atoms with Gasteiger partial charge in [0.2, 0.25) is 0 Å². The molecule has 0 saturated heterocycles. The molecule has 8 heteroatoms. The van der Waals surface area contributed by atoms with Gasteiger partial charge in [0.25, 0.3) is 6.47 Å². The topological polar surface area (TPSA) is 118 Å². The first-order chi connectivity index (χ1) is 23.9. The quantitative estimate of drug-likeness (QED) is 0.181. The molecular weight excluding hydrogens is 624 g/mol. The molecular formula is C42H44N4O4. The SMILES string of the molecule is CCC1=C(C)c2cc3[nH]c(c(C)c3C(C)C)c(-c3ccc(OC=O)cc3)c3nc(c4c5[nH]c(cc1n2)c(C)c5C(=O)C4)[C@@H](CCC(C)=O)[C@@H]3C. The van der Waals surface area contributed by atoms with Gasteiger partial charge in [0, 0.05) is 52.4 Å². The predicted octanol–water partition coefficient (Wildman–Crippen LogP) is 9.59. The molecule has 4 aromatic rings. The summed E-state index contributed by atoms with van der Waals surface area (Å²) in [5.41, 5.74) is 16.4. The molecule has 0 spiro atoms. The first-order valence-electron chi connectivity index (χ1n) is 17.7. The van der Waals surface area contributed by atoms with Crippen LogP contribution in [0.2, 0.25) is 0 Å². The zero-order chi connectivity index (χ0) is 35.6. The average Bonchev–Trinajstić information content (AvgIpc) is 3.83. The summed E-state index contributed by atoms with van der Waals surface area (Å²) in [7, 11) is 0. The van der Waals surface area contributed by atoms with E-state index in [0.29, 0.717) is 25.1 Å². The number of ether oxygens (including phenoxy) is 1.